The summed E-state index contributed by atoms with van der Waals surface area (Å²) in [5.74, 6) is 1.52. The molecule has 5 nitrogen and oxygen atoms in total. The molecule has 32 heavy (non-hydrogen) atoms. The van der Waals surface area contributed by atoms with Crippen LogP contribution in [-0.4, -0.2) is 13.0 Å². The third kappa shape index (κ3) is 4.91. The molecule has 5 atom stereocenters. The van der Waals surface area contributed by atoms with Crippen molar-refractivity contribution in [3.05, 3.63) is 36.0 Å². The van der Waals surface area contributed by atoms with Gasteiger partial charge >= 0.3 is 29.6 Å². The Hall–Kier alpha value is -0.270. The molecule has 0 radical (unpaired) electrons. The third-order valence-corrected chi connectivity index (χ3v) is 9.76. The van der Waals surface area contributed by atoms with Crippen molar-refractivity contribution in [1.29, 1.82) is 0 Å². The molecular formula is C25H37NaO5S. The molecule has 3 aliphatic carbocycles. The summed E-state index contributed by atoms with van der Waals surface area (Å²) in [7, 11) is -4.74. The molecule has 0 N–H and O–H groups in total. The van der Waals surface area contributed by atoms with Crippen LogP contribution in [0.4, 0.5) is 0 Å². The summed E-state index contributed by atoms with van der Waals surface area (Å²) in [4.78, 5) is 0. The number of aryl methyl sites for hydroxylation is 1. The maximum atomic E-state index is 11.2. The molecular weight excluding hydrogens is 435 g/mol. The molecule has 0 bridgehead atoms. The minimum absolute atomic E-state index is 0. The zero-order valence-corrected chi connectivity index (χ0v) is 23.2. The molecule has 1 heterocycles. The van der Waals surface area contributed by atoms with Crippen LogP contribution in [0.2, 0.25) is 0 Å². The van der Waals surface area contributed by atoms with Crippen LogP contribution in [0.3, 0.4) is 0 Å². The fourth-order valence-electron chi connectivity index (χ4n) is 8.19. The first-order valence-corrected chi connectivity index (χ1v) is 13.1. The average Bonchev–Trinajstić information content (AvgIpc) is 3.17. The van der Waals surface area contributed by atoms with Gasteiger partial charge in [-0.25, -0.2) is 8.42 Å². The predicted molar refractivity (Wildman–Crippen MR) is 119 cm³/mol. The summed E-state index contributed by atoms with van der Waals surface area (Å²) < 4.78 is 43.4. The summed E-state index contributed by atoms with van der Waals surface area (Å²) in [6.07, 6.45) is 14.6. The Labute approximate surface area is 216 Å². The maximum Gasteiger partial charge on any atom is 1.00 e. The van der Waals surface area contributed by atoms with Crippen LogP contribution in [0.15, 0.2) is 34.8 Å². The van der Waals surface area contributed by atoms with Gasteiger partial charge in [0, 0.05) is 0 Å². The first-order chi connectivity index (χ1) is 14.5. The molecule has 0 aromatic carbocycles. The van der Waals surface area contributed by atoms with Gasteiger partial charge in [0.2, 0.25) is 0 Å². The Kier molecular flexibility index (Phi) is 7.74. The minimum atomic E-state index is -4.74. The monoisotopic (exact) mass is 472 g/mol. The van der Waals surface area contributed by atoms with E-state index in [4.69, 9.17) is 4.42 Å². The van der Waals surface area contributed by atoms with Crippen molar-refractivity contribution in [2.75, 3.05) is 0 Å². The molecule has 3 aliphatic rings. The number of allylic oxidation sites excluding steroid dienone is 1. The van der Waals surface area contributed by atoms with Crippen LogP contribution >= 0.6 is 0 Å². The molecule has 1 aromatic rings. The van der Waals surface area contributed by atoms with E-state index in [-0.39, 0.29) is 40.9 Å². The molecule has 0 aliphatic heterocycles. The normalized spacial score (nSPS) is 37.8. The van der Waals surface area contributed by atoms with Gasteiger partial charge in [0.1, 0.15) is 6.26 Å². The zero-order chi connectivity index (χ0) is 22.5. The van der Waals surface area contributed by atoms with Crippen LogP contribution in [0.1, 0.15) is 84.6 Å². The third-order valence-electron chi connectivity index (χ3n) is 9.42. The fourth-order valence-corrected chi connectivity index (χ4v) is 8.44. The Bertz CT molecular complexity index is 922. The first-order valence-electron chi connectivity index (χ1n) is 11.8. The standard InChI is InChI=1S/C25H38O5S.Na/c1-23(2)12-5-13-25(4)21(23)10-14-24(3)20(8-6-18-11-15-29-16-18)19(7-9-22(24)25)17-30-31(26,27)28;/h11,15-17,20-22H,5-10,12-14H2,1-4H3,(H,26,27,28);/q;+1/p-1/b19-17-;/t20-,21-,22-,24+,25-;/m0./s1. The average molecular weight is 473 g/mol. The van der Waals surface area contributed by atoms with E-state index in [9.17, 15) is 13.0 Å². The van der Waals surface area contributed by atoms with E-state index in [0.29, 0.717) is 16.7 Å². The van der Waals surface area contributed by atoms with E-state index < -0.39 is 10.4 Å². The molecule has 7 heteroatoms. The molecule has 3 fully saturated rings. The Morgan fingerprint density at radius 3 is 2.53 bits per heavy atom. The number of hydrogen-bond acceptors (Lipinski definition) is 5. The van der Waals surface area contributed by atoms with E-state index in [2.05, 4.69) is 31.9 Å². The molecule has 0 amide bonds. The van der Waals surface area contributed by atoms with Gasteiger partial charge in [0.25, 0.3) is 10.4 Å². The molecule has 0 unspecified atom stereocenters. The van der Waals surface area contributed by atoms with Gasteiger partial charge in [-0.2, -0.15) is 0 Å². The Morgan fingerprint density at radius 2 is 1.88 bits per heavy atom. The molecule has 0 spiro atoms. The van der Waals surface area contributed by atoms with Crippen molar-refractivity contribution in [2.45, 2.75) is 85.5 Å². The Balaban J connectivity index is 0.00000289. The van der Waals surface area contributed by atoms with Gasteiger partial charge in [-0.05, 0) is 103 Å². The van der Waals surface area contributed by atoms with Crippen LogP contribution in [-0.2, 0) is 21.0 Å². The fraction of sp³-hybridized carbons (Fsp3) is 0.760. The summed E-state index contributed by atoms with van der Waals surface area (Å²) >= 11 is 0. The summed E-state index contributed by atoms with van der Waals surface area (Å²) in [5, 5.41) is 0. The van der Waals surface area contributed by atoms with E-state index in [0.717, 1.165) is 49.2 Å². The first kappa shape index (κ1) is 26.3. The molecule has 0 saturated heterocycles. The minimum Gasteiger partial charge on any atom is -0.716 e. The second kappa shape index (κ2) is 9.41. The quantitative estimate of drug-likeness (QED) is 0.285. The molecule has 1 aromatic heterocycles. The van der Waals surface area contributed by atoms with E-state index in [1.54, 1.807) is 12.5 Å². The maximum absolute atomic E-state index is 11.2. The smallest absolute Gasteiger partial charge is 0.716 e. The summed E-state index contributed by atoms with van der Waals surface area (Å²) in [6, 6.07) is 1.99. The second-order valence-corrected chi connectivity index (χ2v) is 12.5. The van der Waals surface area contributed by atoms with E-state index in [1.807, 2.05) is 6.07 Å². The van der Waals surface area contributed by atoms with E-state index >= 15 is 0 Å². The van der Waals surface area contributed by atoms with Crippen molar-refractivity contribution in [1.82, 2.24) is 0 Å². The molecule has 3 saturated carbocycles. The Morgan fingerprint density at radius 1 is 1.12 bits per heavy atom. The van der Waals surface area contributed by atoms with E-state index in [1.165, 1.54) is 31.9 Å². The van der Waals surface area contributed by atoms with Crippen molar-refractivity contribution in [3.8, 4) is 0 Å². The van der Waals surface area contributed by atoms with Crippen molar-refractivity contribution < 1.29 is 51.1 Å². The predicted octanol–water partition coefficient (Wildman–Crippen LogP) is 3.24. The topological polar surface area (TPSA) is 79.6 Å². The van der Waals surface area contributed by atoms with Gasteiger partial charge < -0.3 is 13.2 Å². The van der Waals surface area contributed by atoms with Gasteiger partial charge in [0.15, 0.2) is 0 Å². The summed E-state index contributed by atoms with van der Waals surface area (Å²) in [6.45, 7) is 9.85. The zero-order valence-electron chi connectivity index (χ0n) is 20.4. The second-order valence-electron chi connectivity index (χ2n) is 11.5. The number of hydrogen-bond donors (Lipinski definition) is 0. The van der Waals surface area contributed by atoms with Gasteiger partial charge in [0.05, 0.1) is 12.5 Å². The van der Waals surface area contributed by atoms with Gasteiger partial charge in [-0.15, -0.1) is 0 Å². The van der Waals surface area contributed by atoms with Crippen LogP contribution in [0, 0.1) is 34.0 Å². The summed E-state index contributed by atoms with van der Waals surface area (Å²) in [5.41, 5.74) is 2.89. The number of rotatable bonds is 5. The van der Waals surface area contributed by atoms with Crippen LogP contribution in [0.25, 0.3) is 0 Å². The van der Waals surface area contributed by atoms with Crippen molar-refractivity contribution in [2.24, 2.45) is 34.0 Å². The number of fused-ring (bicyclic) bond motifs is 3. The van der Waals surface area contributed by atoms with Crippen LogP contribution < -0.4 is 29.6 Å². The largest absolute Gasteiger partial charge is 1.00 e. The number of furan rings is 1. The SMILES string of the molecule is CC1(C)CCC[C@]2(C)[C@H]3CC/C(=C/OS(=O)(=O)[O-])[C@H](CCc4ccoc4)[C@@]3(C)CC[C@@H]12.[Na+]. The van der Waals surface area contributed by atoms with Gasteiger partial charge in [-0.3, -0.25) is 0 Å². The molecule has 174 valence electrons. The molecule has 4 rings (SSSR count). The van der Waals surface area contributed by atoms with Crippen molar-refractivity contribution >= 4 is 10.4 Å². The van der Waals surface area contributed by atoms with Crippen molar-refractivity contribution in [3.63, 3.8) is 0 Å². The van der Waals surface area contributed by atoms with Gasteiger partial charge in [-0.1, -0.05) is 34.1 Å². The van der Waals surface area contributed by atoms with Crippen LogP contribution in [0.5, 0.6) is 0 Å².